The van der Waals surface area contributed by atoms with Crippen LogP contribution in [0.5, 0.6) is 0 Å². The fraction of sp³-hybridized carbons (Fsp3) is 0.400. The second-order valence-electron chi connectivity index (χ2n) is 2.52. The molecule has 0 radical (unpaired) electrons. The first-order chi connectivity index (χ1) is 6.36. The van der Waals surface area contributed by atoms with E-state index in [4.69, 9.17) is 0 Å². The molecule has 0 saturated heterocycles. The Morgan fingerprint density at radius 3 is 1.07 bits per heavy atom. The summed E-state index contributed by atoms with van der Waals surface area (Å²) >= 11 is 0. The standard InChI is InChI=1S/2C5H8O2.Zn/c2*1-3-4(2)5(6)7;/h2*3H,1-2H3,(H,6,7);/q;;+2/p-2. The molecule has 15 heavy (non-hydrogen) atoms. The maximum absolute atomic E-state index is 9.75. The molecule has 0 rings (SSSR count). The number of allylic oxidation sites excluding steroid dienone is 2. The monoisotopic (exact) mass is 262 g/mol. The number of aliphatic carboxylic acids is 2. The second-order valence-corrected chi connectivity index (χ2v) is 2.52. The third-order valence-corrected chi connectivity index (χ3v) is 1.51. The van der Waals surface area contributed by atoms with Gasteiger partial charge in [0.15, 0.2) is 0 Å². The van der Waals surface area contributed by atoms with E-state index >= 15 is 0 Å². The van der Waals surface area contributed by atoms with Crippen molar-refractivity contribution in [1.29, 1.82) is 0 Å². The average molecular weight is 264 g/mol. The van der Waals surface area contributed by atoms with Crippen molar-refractivity contribution >= 4 is 11.9 Å². The minimum absolute atomic E-state index is 0. The topological polar surface area (TPSA) is 80.3 Å². The number of hydrogen-bond acceptors (Lipinski definition) is 4. The maximum atomic E-state index is 9.75. The van der Waals surface area contributed by atoms with Gasteiger partial charge in [0.25, 0.3) is 0 Å². The van der Waals surface area contributed by atoms with Crippen molar-refractivity contribution in [1.82, 2.24) is 0 Å². The predicted octanol–water partition coefficient (Wildman–Crippen LogP) is -0.598. The van der Waals surface area contributed by atoms with Gasteiger partial charge in [0.1, 0.15) is 0 Å². The first-order valence-electron chi connectivity index (χ1n) is 4.05. The van der Waals surface area contributed by atoms with Gasteiger partial charge in [-0.05, 0) is 38.8 Å². The Hall–Kier alpha value is -0.957. The minimum Gasteiger partial charge on any atom is -0.545 e. The molecule has 0 fully saturated rings. The summed E-state index contributed by atoms with van der Waals surface area (Å²) in [6.07, 6.45) is 2.99. The number of rotatable bonds is 2. The van der Waals surface area contributed by atoms with Crippen molar-refractivity contribution in [2.24, 2.45) is 0 Å². The maximum Gasteiger partial charge on any atom is 2.00 e. The van der Waals surface area contributed by atoms with Crippen LogP contribution in [0, 0.1) is 0 Å². The SMILES string of the molecule is CC=C(C)C(=O)[O-].CC=C(C)C(=O)[O-].[Zn+2]. The summed E-state index contributed by atoms with van der Waals surface area (Å²) in [6, 6.07) is 0. The summed E-state index contributed by atoms with van der Waals surface area (Å²) in [5.74, 6) is -2.19. The van der Waals surface area contributed by atoms with Crippen LogP contribution in [-0.2, 0) is 29.1 Å². The fourth-order valence-corrected chi connectivity index (χ4v) is 0.236. The first-order valence-corrected chi connectivity index (χ1v) is 4.05. The van der Waals surface area contributed by atoms with Crippen LogP contribution < -0.4 is 10.2 Å². The molecule has 5 heteroatoms. The van der Waals surface area contributed by atoms with Gasteiger partial charge in [0.05, 0.1) is 11.9 Å². The molecule has 0 heterocycles. The zero-order valence-corrected chi connectivity index (χ0v) is 12.5. The third-order valence-electron chi connectivity index (χ3n) is 1.51. The van der Waals surface area contributed by atoms with Crippen molar-refractivity contribution in [2.75, 3.05) is 0 Å². The Morgan fingerprint density at radius 1 is 0.867 bits per heavy atom. The average Bonchev–Trinajstić information content (AvgIpc) is 2.15. The van der Waals surface area contributed by atoms with E-state index < -0.39 is 11.9 Å². The zero-order valence-electron chi connectivity index (χ0n) is 9.49. The zero-order chi connectivity index (χ0) is 11.7. The molecule has 0 aliphatic heterocycles. The van der Waals surface area contributed by atoms with Gasteiger partial charge in [-0.1, -0.05) is 12.2 Å². The van der Waals surface area contributed by atoms with E-state index in [2.05, 4.69) is 0 Å². The summed E-state index contributed by atoms with van der Waals surface area (Å²) in [6.45, 7) is 6.31. The molecule has 0 aliphatic rings. The molecule has 0 aromatic heterocycles. The normalized spacial score (nSPS) is 10.7. The van der Waals surface area contributed by atoms with E-state index in [1.165, 1.54) is 26.0 Å². The molecule has 0 unspecified atom stereocenters. The van der Waals surface area contributed by atoms with Gasteiger partial charge in [0.2, 0.25) is 0 Å². The predicted molar refractivity (Wildman–Crippen MR) is 48.9 cm³/mol. The van der Waals surface area contributed by atoms with Crippen LogP contribution in [0.25, 0.3) is 0 Å². The van der Waals surface area contributed by atoms with Crippen molar-refractivity contribution < 1.29 is 39.3 Å². The molecular weight excluding hydrogens is 249 g/mol. The molecule has 0 aromatic carbocycles. The number of carboxylic acid groups (broad SMARTS) is 2. The van der Waals surface area contributed by atoms with Crippen LogP contribution in [0.4, 0.5) is 0 Å². The van der Waals surface area contributed by atoms with Gasteiger partial charge in [0, 0.05) is 0 Å². The van der Waals surface area contributed by atoms with E-state index in [0.717, 1.165) is 0 Å². The molecule has 0 amide bonds. The Morgan fingerprint density at radius 2 is 1.07 bits per heavy atom. The molecule has 0 atom stereocenters. The van der Waals surface area contributed by atoms with E-state index in [1.54, 1.807) is 13.8 Å². The number of carbonyl (C=O) groups is 2. The van der Waals surface area contributed by atoms with Crippen LogP contribution in [0.15, 0.2) is 23.3 Å². The molecular formula is C10H14O4Zn. The summed E-state index contributed by atoms with van der Waals surface area (Å²) < 4.78 is 0. The first kappa shape index (κ1) is 19.6. The van der Waals surface area contributed by atoms with Gasteiger partial charge in [-0.15, -0.1) is 0 Å². The molecule has 0 bridgehead atoms. The largest absolute Gasteiger partial charge is 2.00 e. The van der Waals surface area contributed by atoms with Crippen molar-refractivity contribution in [3.63, 3.8) is 0 Å². The number of carboxylic acids is 2. The number of hydrogen-bond donors (Lipinski definition) is 0. The Labute approximate surface area is 102 Å². The summed E-state index contributed by atoms with van der Waals surface area (Å²) in [4.78, 5) is 19.5. The van der Waals surface area contributed by atoms with Gasteiger partial charge in [-0.25, -0.2) is 0 Å². The smallest absolute Gasteiger partial charge is 0.545 e. The molecule has 80 valence electrons. The van der Waals surface area contributed by atoms with Gasteiger partial charge in [-0.3, -0.25) is 0 Å². The quantitative estimate of drug-likeness (QED) is 0.492. The molecule has 0 aliphatic carbocycles. The summed E-state index contributed by atoms with van der Waals surface area (Å²) in [5, 5.41) is 19.5. The molecule has 4 nitrogen and oxygen atoms in total. The van der Waals surface area contributed by atoms with Gasteiger partial charge < -0.3 is 19.8 Å². The molecule has 0 saturated carbocycles. The Balaban J connectivity index is -0.000000180. The van der Waals surface area contributed by atoms with E-state index in [-0.39, 0.29) is 30.6 Å². The van der Waals surface area contributed by atoms with E-state index in [1.807, 2.05) is 0 Å². The Bertz CT molecular complexity index is 239. The summed E-state index contributed by atoms with van der Waals surface area (Å²) in [5.41, 5.74) is 0.556. The van der Waals surface area contributed by atoms with Crippen LogP contribution in [-0.4, -0.2) is 11.9 Å². The molecule has 0 N–H and O–H groups in total. The van der Waals surface area contributed by atoms with Crippen LogP contribution in [0.2, 0.25) is 0 Å². The van der Waals surface area contributed by atoms with Crippen molar-refractivity contribution in [3.8, 4) is 0 Å². The van der Waals surface area contributed by atoms with E-state index in [0.29, 0.717) is 0 Å². The van der Waals surface area contributed by atoms with Crippen LogP contribution >= 0.6 is 0 Å². The number of carbonyl (C=O) groups excluding carboxylic acids is 2. The van der Waals surface area contributed by atoms with Crippen LogP contribution in [0.3, 0.4) is 0 Å². The fourth-order valence-electron chi connectivity index (χ4n) is 0.236. The third kappa shape index (κ3) is 13.0. The van der Waals surface area contributed by atoms with E-state index in [9.17, 15) is 19.8 Å². The summed E-state index contributed by atoms with van der Waals surface area (Å²) in [7, 11) is 0. The molecule has 0 spiro atoms. The van der Waals surface area contributed by atoms with Crippen molar-refractivity contribution in [3.05, 3.63) is 23.3 Å². The Kier molecular flexibility index (Phi) is 14.5. The minimum atomic E-state index is -1.09. The molecule has 0 aromatic rings. The van der Waals surface area contributed by atoms with Gasteiger partial charge in [-0.2, -0.15) is 0 Å². The van der Waals surface area contributed by atoms with Gasteiger partial charge >= 0.3 is 19.5 Å². The van der Waals surface area contributed by atoms with Crippen molar-refractivity contribution in [2.45, 2.75) is 27.7 Å². The van der Waals surface area contributed by atoms with Crippen LogP contribution in [0.1, 0.15) is 27.7 Å². The second kappa shape index (κ2) is 11.1.